The van der Waals surface area contributed by atoms with E-state index in [1.807, 2.05) is 62.4 Å². The van der Waals surface area contributed by atoms with E-state index in [0.29, 0.717) is 17.9 Å². The maximum absolute atomic E-state index is 12.4. The number of carbonyl (C=O) groups excluding carboxylic acids is 2. The van der Waals surface area contributed by atoms with Gasteiger partial charge >= 0.3 is 5.97 Å². The summed E-state index contributed by atoms with van der Waals surface area (Å²) in [5.74, 6) is -0.284. The van der Waals surface area contributed by atoms with Crippen LogP contribution in [0.5, 0.6) is 5.75 Å². The number of nitrogens with one attached hydrogen (secondary N) is 1. The Morgan fingerprint density at radius 3 is 2.13 bits per heavy atom. The summed E-state index contributed by atoms with van der Waals surface area (Å²) in [6.07, 6.45) is -0.925. The smallest absolute Gasteiger partial charge is 0.338 e. The third kappa shape index (κ3) is 5.47. The zero-order valence-electron chi connectivity index (χ0n) is 17.3. The summed E-state index contributed by atoms with van der Waals surface area (Å²) in [4.78, 5) is 24.8. The molecule has 3 aromatic carbocycles. The molecule has 3 aromatic rings. The third-order valence-electron chi connectivity index (χ3n) is 4.72. The van der Waals surface area contributed by atoms with Gasteiger partial charge in [-0.15, -0.1) is 0 Å². The molecule has 0 spiro atoms. The average molecular weight is 403 g/mol. The first-order chi connectivity index (χ1) is 14.4. The van der Waals surface area contributed by atoms with Gasteiger partial charge in [-0.25, -0.2) is 4.79 Å². The Labute approximate surface area is 176 Å². The lowest BCUT2D eigenvalue weighted by atomic mass is 10.1. The van der Waals surface area contributed by atoms with Crippen LogP contribution in [0.1, 0.15) is 34.0 Å². The first kappa shape index (κ1) is 21.1. The highest BCUT2D eigenvalue weighted by Gasteiger charge is 2.20. The van der Waals surface area contributed by atoms with Crippen LogP contribution in [0, 0.1) is 13.8 Å². The van der Waals surface area contributed by atoms with Gasteiger partial charge in [-0.05, 0) is 61.7 Å². The third-order valence-corrected chi connectivity index (χ3v) is 4.72. The van der Waals surface area contributed by atoms with Gasteiger partial charge in [-0.2, -0.15) is 0 Å². The summed E-state index contributed by atoms with van der Waals surface area (Å²) in [6.45, 7) is 5.83. The van der Waals surface area contributed by atoms with Crippen LogP contribution < -0.4 is 10.1 Å². The van der Waals surface area contributed by atoms with Crippen LogP contribution >= 0.6 is 0 Å². The Bertz CT molecular complexity index is 993. The van der Waals surface area contributed by atoms with E-state index in [-0.39, 0.29) is 5.91 Å². The van der Waals surface area contributed by atoms with Crippen molar-refractivity contribution in [2.24, 2.45) is 0 Å². The number of hydrogen-bond acceptors (Lipinski definition) is 4. The van der Waals surface area contributed by atoms with Crippen LogP contribution in [0.2, 0.25) is 0 Å². The predicted molar refractivity (Wildman–Crippen MR) is 117 cm³/mol. The molecule has 30 heavy (non-hydrogen) atoms. The van der Waals surface area contributed by atoms with E-state index in [9.17, 15) is 9.59 Å². The number of para-hydroxylation sites is 1. The summed E-state index contributed by atoms with van der Waals surface area (Å²) in [7, 11) is 0. The van der Waals surface area contributed by atoms with Gasteiger partial charge in [0.25, 0.3) is 5.91 Å². The predicted octanol–water partition coefficient (Wildman–Crippen LogP) is 5.07. The number of esters is 1. The molecule has 0 heterocycles. The SMILES string of the molecule is Cc1cccc(C)c1NC(=O)[C@H](C)OC(=O)c1ccc(OCc2ccccc2)cc1. The number of aryl methyl sites for hydroxylation is 2. The quantitative estimate of drug-likeness (QED) is 0.560. The van der Waals surface area contributed by atoms with Crippen molar-refractivity contribution in [1.29, 1.82) is 0 Å². The molecule has 1 atom stereocenters. The minimum absolute atomic E-state index is 0.355. The second kappa shape index (κ2) is 9.74. The van der Waals surface area contributed by atoms with Crippen molar-refractivity contribution in [3.63, 3.8) is 0 Å². The Morgan fingerprint density at radius 2 is 1.50 bits per heavy atom. The molecule has 0 saturated carbocycles. The molecule has 0 radical (unpaired) electrons. The van der Waals surface area contributed by atoms with Crippen molar-refractivity contribution in [3.8, 4) is 5.75 Å². The van der Waals surface area contributed by atoms with E-state index in [1.54, 1.807) is 31.2 Å². The fourth-order valence-corrected chi connectivity index (χ4v) is 2.95. The molecule has 0 saturated heterocycles. The minimum Gasteiger partial charge on any atom is -0.489 e. The summed E-state index contributed by atoms with van der Waals surface area (Å²) in [5, 5.41) is 2.84. The molecular formula is C25H25NO4. The fraction of sp³-hybridized carbons (Fsp3) is 0.200. The Balaban J connectivity index is 1.55. The normalized spacial score (nSPS) is 11.4. The fourth-order valence-electron chi connectivity index (χ4n) is 2.95. The van der Waals surface area contributed by atoms with Gasteiger partial charge in [-0.3, -0.25) is 4.79 Å². The lowest BCUT2D eigenvalue weighted by Gasteiger charge is -2.16. The number of hydrogen-bond donors (Lipinski definition) is 1. The number of carbonyl (C=O) groups is 2. The van der Waals surface area contributed by atoms with Gasteiger partial charge in [0.15, 0.2) is 6.10 Å². The van der Waals surface area contributed by atoms with E-state index in [0.717, 1.165) is 22.4 Å². The van der Waals surface area contributed by atoms with E-state index in [4.69, 9.17) is 9.47 Å². The Kier molecular flexibility index (Phi) is 6.86. The van der Waals surface area contributed by atoms with Crippen molar-refractivity contribution in [3.05, 3.63) is 95.1 Å². The molecule has 0 aliphatic carbocycles. The van der Waals surface area contributed by atoms with Crippen LogP contribution in [-0.2, 0) is 16.1 Å². The second-order valence-electron chi connectivity index (χ2n) is 7.10. The van der Waals surface area contributed by atoms with Crippen molar-refractivity contribution in [1.82, 2.24) is 0 Å². The monoisotopic (exact) mass is 403 g/mol. The van der Waals surface area contributed by atoms with Crippen molar-refractivity contribution in [2.75, 3.05) is 5.32 Å². The summed E-state index contributed by atoms with van der Waals surface area (Å²) in [5.41, 5.74) is 4.06. The van der Waals surface area contributed by atoms with Crippen LogP contribution in [0.3, 0.4) is 0 Å². The lowest BCUT2D eigenvalue weighted by Crippen LogP contribution is -2.30. The van der Waals surface area contributed by atoms with Gasteiger partial charge in [-0.1, -0.05) is 48.5 Å². The molecule has 1 N–H and O–H groups in total. The zero-order chi connectivity index (χ0) is 21.5. The highest BCUT2D eigenvalue weighted by Crippen LogP contribution is 2.20. The lowest BCUT2D eigenvalue weighted by molar-refractivity contribution is -0.123. The molecular weight excluding hydrogens is 378 g/mol. The minimum atomic E-state index is -0.925. The number of ether oxygens (including phenoxy) is 2. The second-order valence-corrected chi connectivity index (χ2v) is 7.10. The van der Waals surface area contributed by atoms with Gasteiger partial charge in [0.1, 0.15) is 12.4 Å². The molecule has 0 aliphatic heterocycles. The average Bonchev–Trinajstić information content (AvgIpc) is 2.75. The highest BCUT2D eigenvalue weighted by atomic mass is 16.5. The van der Waals surface area contributed by atoms with Crippen molar-refractivity contribution in [2.45, 2.75) is 33.5 Å². The summed E-state index contributed by atoms with van der Waals surface area (Å²) < 4.78 is 11.0. The highest BCUT2D eigenvalue weighted by molar-refractivity contribution is 5.98. The Morgan fingerprint density at radius 1 is 0.867 bits per heavy atom. The number of benzene rings is 3. The molecule has 0 aromatic heterocycles. The van der Waals surface area contributed by atoms with Crippen molar-refractivity contribution >= 4 is 17.6 Å². The first-order valence-corrected chi connectivity index (χ1v) is 9.79. The van der Waals surface area contributed by atoms with E-state index in [1.165, 1.54) is 0 Å². The van der Waals surface area contributed by atoms with Gasteiger partial charge in [0.05, 0.1) is 5.56 Å². The van der Waals surface area contributed by atoms with Crippen LogP contribution in [0.25, 0.3) is 0 Å². The van der Waals surface area contributed by atoms with Crippen molar-refractivity contribution < 1.29 is 19.1 Å². The maximum Gasteiger partial charge on any atom is 0.338 e. The molecule has 154 valence electrons. The maximum atomic E-state index is 12.4. The summed E-state index contributed by atoms with van der Waals surface area (Å²) in [6, 6.07) is 22.3. The largest absolute Gasteiger partial charge is 0.489 e. The van der Waals surface area contributed by atoms with Crippen LogP contribution in [0.4, 0.5) is 5.69 Å². The van der Waals surface area contributed by atoms with Crippen LogP contribution in [0.15, 0.2) is 72.8 Å². The standard InChI is InChI=1S/C25H25NO4/c1-17-8-7-9-18(2)23(17)26-24(27)19(3)30-25(28)21-12-14-22(15-13-21)29-16-20-10-5-4-6-11-20/h4-15,19H,16H2,1-3H3,(H,26,27)/t19-/m0/s1. The van der Waals surface area contributed by atoms with Crippen LogP contribution in [-0.4, -0.2) is 18.0 Å². The molecule has 0 fully saturated rings. The molecule has 0 unspecified atom stereocenters. The molecule has 1 amide bonds. The zero-order valence-corrected chi connectivity index (χ0v) is 17.3. The molecule has 0 bridgehead atoms. The van der Waals surface area contributed by atoms with E-state index < -0.39 is 12.1 Å². The topological polar surface area (TPSA) is 64.6 Å². The summed E-state index contributed by atoms with van der Waals surface area (Å²) >= 11 is 0. The van der Waals surface area contributed by atoms with Gasteiger partial charge in [0.2, 0.25) is 0 Å². The molecule has 5 nitrogen and oxygen atoms in total. The van der Waals surface area contributed by atoms with Gasteiger partial charge < -0.3 is 14.8 Å². The number of rotatable bonds is 7. The van der Waals surface area contributed by atoms with Gasteiger partial charge in [0, 0.05) is 5.69 Å². The molecule has 0 aliphatic rings. The molecule has 3 rings (SSSR count). The first-order valence-electron chi connectivity index (χ1n) is 9.79. The number of amides is 1. The van der Waals surface area contributed by atoms with E-state index in [2.05, 4.69) is 5.32 Å². The molecule has 5 heteroatoms. The van der Waals surface area contributed by atoms with E-state index >= 15 is 0 Å². The number of anilines is 1. The Hall–Kier alpha value is -3.60.